The van der Waals surface area contributed by atoms with E-state index in [-0.39, 0.29) is 0 Å². The van der Waals surface area contributed by atoms with Gasteiger partial charge in [0, 0.05) is 12.4 Å². The molecule has 0 atom stereocenters. The van der Waals surface area contributed by atoms with Crippen molar-refractivity contribution in [3.63, 3.8) is 0 Å². The summed E-state index contributed by atoms with van der Waals surface area (Å²) in [7, 11) is 0. The van der Waals surface area contributed by atoms with E-state index in [4.69, 9.17) is 12.6 Å². The van der Waals surface area contributed by atoms with Gasteiger partial charge in [-0.05, 0) is 18.6 Å². The van der Waals surface area contributed by atoms with Crippen molar-refractivity contribution >= 4 is 12.6 Å². The van der Waals surface area contributed by atoms with Crippen molar-refractivity contribution in [2.45, 2.75) is 11.8 Å². The molecule has 0 saturated carbocycles. The predicted molar refractivity (Wildman–Crippen MR) is 34.8 cm³/mol. The smallest absolute Gasteiger partial charge is 0.0589 e. The molecule has 0 fully saturated rings. The van der Waals surface area contributed by atoms with Gasteiger partial charge in [0.1, 0.15) is 0 Å². The SMILES string of the molecule is Cc1ccncc1[S]. The van der Waals surface area contributed by atoms with Gasteiger partial charge < -0.3 is 0 Å². The molecule has 1 aromatic rings. The number of pyridine rings is 1. The highest BCUT2D eigenvalue weighted by Crippen LogP contribution is 2.07. The number of aryl methyl sites for hydroxylation is 1. The normalized spacial score (nSPS) is 9.12. The van der Waals surface area contributed by atoms with E-state index in [1.54, 1.807) is 12.4 Å². The molecule has 1 nitrogen and oxygen atoms in total. The van der Waals surface area contributed by atoms with E-state index >= 15 is 0 Å². The van der Waals surface area contributed by atoms with Gasteiger partial charge in [0.05, 0.1) is 4.90 Å². The van der Waals surface area contributed by atoms with Crippen molar-refractivity contribution < 1.29 is 0 Å². The maximum atomic E-state index is 4.89. The zero-order valence-corrected chi connectivity index (χ0v) is 5.40. The summed E-state index contributed by atoms with van der Waals surface area (Å²) in [6.07, 6.45) is 3.43. The van der Waals surface area contributed by atoms with Crippen LogP contribution >= 0.6 is 12.6 Å². The van der Waals surface area contributed by atoms with E-state index in [2.05, 4.69) is 4.98 Å². The molecule has 0 aliphatic rings. The van der Waals surface area contributed by atoms with E-state index in [1.165, 1.54) is 0 Å². The largest absolute Gasteiger partial charge is 0.263 e. The van der Waals surface area contributed by atoms with Gasteiger partial charge in [0.2, 0.25) is 0 Å². The van der Waals surface area contributed by atoms with Gasteiger partial charge >= 0.3 is 0 Å². The molecule has 1 radical (unpaired) electrons. The fraction of sp³-hybridized carbons (Fsp3) is 0.167. The molecule has 2 heteroatoms. The quantitative estimate of drug-likeness (QED) is 0.515. The minimum atomic E-state index is 0.840. The molecule has 0 saturated heterocycles. The van der Waals surface area contributed by atoms with Crippen LogP contribution in [0, 0.1) is 6.92 Å². The van der Waals surface area contributed by atoms with Crippen molar-refractivity contribution in [1.29, 1.82) is 0 Å². The second-order valence-electron chi connectivity index (χ2n) is 1.64. The maximum Gasteiger partial charge on any atom is 0.0589 e. The summed E-state index contributed by atoms with van der Waals surface area (Å²) in [5, 5.41) is 0. The van der Waals surface area contributed by atoms with Crippen LogP contribution in [0.25, 0.3) is 0 Å². The fourth-order valence-electron chi connectivity index (χ4n) is 0.450. The van der Waals surface area contributed by atoms with Crippen LogP contribution in [0.2, 0.25) is 0 Å². The third-order valence-electron chi connectivity index (χ3n) is 0.991. The molecular formula is C6H6NS. The predicted octanol–water partition coefficient (Wildman–Crippen LogP) is 1.95. The Bertz CT molecular complexity index is 165. The van der Waals surface area contributed by atoms with Gasteiger partial charge in [-0.15, -0.1) is 0 Å². The van der Waals surface area contributed by atoms with Gasteiger partial charge in [-0.2, -0.15) is 0 Å². The Labute approximate surface area is 54.2 Å². The Kier molecular flexibility index (Phi) is 1.44. The number of hydrogen-bond donors (Lipinski definition) is 0. The average Bonchev–Trinajstić information content (AvgIpc) is 1.77. The molecule has 1 rings (SSSR count). The van der Waals surface area contributed by atoms with Gasteiger partial charge in [-0.3, -0.25) is 4.98 Å². The van der Waals surface area contributed by atoms with Gasteiger partial charge in [-0.1, -0.05) is 12.6 Å². The molecule has 0 aromatic carbocycles. The summed E-state index contributed by atoms with van der Waals surface area (Å²) in [4.78, 5) is 4.68. The third-order valence-corrected chi connectivity index (χ3v) is 1.42. The van der Waals surface area contributed by atoms with Crippen LogP contribution in [0.5, 0.6) is 0 Å². The molecule has 0 N–H and O–H groups in total. The first-order valence-corrected chi connectivity index (χ1v) is 2.79. The molecule has 1 aromatic heterocycles. The minimum Gasteiger partial charge on any atom is -0.263 e. The van der Waals surface area contributed by atoms with E-state index in [1.807, 2.05) is 13.0 Å². The first kappa shape index (κ1) is 5.51. The van der Waals surface area contributed by atoms with Crippen molar-refractivity contribution in [3.8, 4) is 0 Å². The number of rotatable bonds is 0. The summed E-state index contributed by atoms with van der Waals surface area (Å²) in [5.41, 5.74) is 1.12. The van der Waals surface area contributed by atoms with Crippen LogP contribution < -0.4 is 0 Å². The Morgan fingerprint density at radius 2 is 2.38 bits per heavy atom. The zero-order valence-electron chi connectivity index (χ0n) is 4.59. The van der Waals surface area contributed by atoms with Crippen LogP contribution in [0.4, 0.5) is 0 Å². The summed E-state index contributed by atoms with van der Waals surface area (Å²) in [6.45, 7) is 1.98. The lowest BCUT2D eigenvalue weighted by atomic mass is 10.3. The molecule has 41 valence electrons. The van der Waals surface area contributed by atoms with Gasteiger partial charge in [-0.25, -0.2) is 0 Å². The van der Waals surface area contributed by atoms with Crippen LogP contribution in [0.1, 0.15) is 5.56 Å². The van der Waals surface area contributed by atoms with Crippen molar-refractivity contribution in [1.82, 2.24) is 4.98 Å². The van der Waals surface area contributed by atoms with Crippen LogP contribution in [0.15, 0.2) is 23.4 Å². The highest BCUT2D eigenvalue weighted by Gasteiger charge is 1.87. The molecule has 0 unspecified atom stereocenters. The molecular weight excluding hydrogens is 118 g/mol. The average molecular weight is 124 g/mol. The van der Waals surface area contributed by atoms with Crippen molar-refractivity contribution in [3.05, 3.63) is 24.0 Å². The Hall–Kier alpha value is -0.630. The van der Waals surface area contributed by atoms with Crippen LogP contribution in [-0.2, 0) is 0 Å². The number of nitrogens with zero attached hydrogens (tertiary/aromatic N) is 1. The molecule has 1 heterocycles. The Morgan fingerprint density at radius 1 is 1.62 bits per heavy atom. The lowest BCUT2D eigenvalue weighted by Crippen LogP contribution is -1.75. The highest BCUT2D eigenvalue weighted by atomic mass is 32.1. The van der Waals surface area contributed by atoms with E-state index in [9.17, 15) is 0 Å². The standard InChI is InChI=1S/C6H6NS/c1-5-2-3-7-4-6(5)8/h2-4H,1H3. The Morgan fingerprint density at radius 3 is 2.75 bits per heavy atom. The minimum absolute atomic E-state index is 0.840. The first-order chi connectivity index (χ1) is 3.80. The zero-order chi connectivity index (χ0) is 5.98. The Balaban J connectivity index is 3.13. The molecule has 0 spiro atoms. The summed E-state index contributed by atoms with van der Waals surface area (Å²) >= 11 is 4.89. The monoisotopic (exact) mass is 124 g/mol. The number of hydrogen-bond acceptors (Lipinski definition) is 1. The van der Waals surface area contributed by atoms with Crippen LogP contribution in [0.3, 0.4) is 0 Å². The van der Waals surface area contributed by atoms with Crippen molar-refractivity contribution in [2.24, 2.45) is 0 Å². The van der Waals surface area contributed by atoms with E-state index in [0.717, 1.165) is 10.5 Å². The van der Waals surface area contributed by atoms with Gasteiger partial charge in [0.15, 0.2) is 0 Å². The summed E-state index contributed by atoms with van der Waals surface area (Å²) < 4.78 is 0. The summed E-state index contributed by atoms with van der Waals surface area (Å²) in [6, 6.07) is 1.91. The molecule has 0 aliphatic carbocycles. The fourth-order valence-corrected chi connectivity index (χ4v) is 0.578. The maximum absolute atomic E-state index is 4.89. The highest BCUT2D eigenvalue weighted by molar-refractivity contribution is 7.80. The van der Waals surface area contributed by atoms with Crippen LogP contribution in [-0.4, -0.2) is 4.98 Å². The second kappa shape index (κ2) is 2.09. The van der Waals surface area contributed by atoms with E-state index in [0.29, 0.717) is 0 Å². The molecule has 0 amide bonds. The first-order valence-electron chi connectivity index (χ1n) is 2.38. The molecule has 0 aliphatic heterocycles. The topological polar surface area (TPSA) is 12.9 Å². The van der Waals surface area contributed by atoms with Gasteiger partial charge in [0.25, 0.3) is 0 Å². The lowest BCUT2D eigenvalue weighted by molar-refractivity contribution is 1.18. The van der Waals surface area contributed by atoms with Crippen molar-refractivity contribution in [2.75, 3.05) is 0 Å². The molecule has 0 bridgehead atoms. The van der Waals surface area contributed by atoms with E-state index < -0.39 is 0 Å². The lowest BCUT2D eigenvalue weighted by Gasteiger charge is -1.90. The number of aromatic nitrogens is 1. The third kappa shape index (κ3) is 0.954. The second-order valence-corrected chi connectivity index (χ2v) is 2.08. The summed E-state index contributed by atoms with van der Waals surface area (Å²) in [5.74, 6) is 0. The molecule has 8 heavy (non-hydrogen) atoms.